The molecule has 0 fully saturated rings. The van der Waals surface area contributed by atoms with Crippen LogP contribution < -0.4 is 5.32 Å². The van der Waals surface area contributed by atoms with Gasteiger partial charge in [0.15, 0.2) is 0 Å². The van der Waals surface area contributed by atoms with Gasteiger partial charge in [-0.25, -0.2) is 0 Å². The van der Waals surface area contributed by atoms with Crippen LogP contribution in [-0.2, 0) is 6.42 Å². The topological polar surface area (TPSA) is 12.0 Å². The fraction of sp³-hybridized carbons (Fsp3) is 0.400. The molecular weight excluding hydrogens is 202 g/mol. The van der Waals surface area contributed by atoms with Crippen molar-refractivity contribution in [2.24, 2.45) is 0 Å². The molecule has 0 radical (unpaired) electrons. The van der Waals surface area contributed by atoms with Crippen molar-refractivity contribution in [3.05, 3.63) is 33.5 Å². The molecule has 1 atom stereocenters. The first-order chi connectivity index (χ1) is 6.31. The number of halogens is 1. The third-order valence-corrected chi connectivity index (χ3v) is 3.70. The van der Waals surface area contributed by atoms with Crippen molar-refractivity contribution in [3.63, 3.8) is 0 Å². The highest BCUT2D eigenvalue weighted by atomic mass is 35.5. The Hall–Kier alpha value is -0.310. The maximum absolute atomic E-state index is 5.95. The van der Waals surface area contributed by atoms with E-state index in [1.807, 2.05) is 6.08 Å². The Kier molecular flexibility index (Phi) is 2.72. The van der Waals surface area contributed by atoms with Gasteiger partial charge >= 0.3 is 0 Å². The molecule has 0 aromatic carbocycles. The van der Waals surface area contributed by atoms with Crippen molar-refractivity contribution in [3.8, 4) is 0 Å². The molecule has 0 spiro atoms. The fourth-order valence-corrected chi connectivity index (χ4v) is 3.12. The molecule has 1 aromatic heterocycles. The van der Waals surface area contributed by atoms with Gasteiger partial charge in [-0.3, -0.25) is 0 Å². The number of thiophene rings is 1. The van der Waals surface area contributed by atoms with Crippen LogP contribution in [0, 0.1) is 0 Å². The van der Waals surface area contributed by atoms with Crippen molar-refractivity contribution < 1.29 is 0 Å². The molecule has 2 rings (SSSR count). The molecule has 1 aliphatic carbocycles. The Morgan fingerprint density at radius 2 is 2.62 bits per heavy atom. The minimum Gasteiger partial charge on any atom is -0.306 e. The third kappa shape index (κ3) is 1.80. The van der Waals surface area contributed by atoms with Crippen LogP contribution in [0.25, 0.3) is 0 Å². The normalized spacial score (nSPS) is 20.2. The number of fused-ring (bicyclic) bond motifs is 1. The van der Waals surface area contributed by atoms with Gasteiger partial charge in [0.05, 0.1) is 4.34 Å². The molecule has 0 amide bonds. The van der Waals surface area contributed by atoms with Crippen LogP contribution in [0.2, 0.25) is 4.34 Å². The van der Waals surface area contributed by atoms with Crippen molar-refractivity contribution >= 4 is 22.9 Å². The van der Waals surface area contributed by atoms with Crippen LogP contribution >= 0.6 is 22.9 Å². The second kappa shape index (κ2) is 3.82. The molecule has 0 saturated carbocycles. The number of nitrogens with one attached hydrogen (secondary N) is 1. The molecule has 0 aliphatic heterocycles. The maximum atomic E-state index is 5.95. The standard InChI is InChI=1S/C10H12ClNS/c1-2-5-12-8-3-4-9-7(8)6-10(11)13-9/h2,6,8,12H,1,3-5H2. The first kappa shape index (κ1) is 9.25. The molecule has 1 heterocycles. The SMILES string of the molecule is C=CCNC1CCc2sc(Cl)cc21. The first-order valence-electron chi connectivity index (χ1n) is 4.43. The summed E-state index contributed by atoms with van der Waals surface area (Å²) in [5.41, 5.74) is 1.40. The zero-order valence-electron chi connectivity index (χ0n) is 7.35. The van der Waals surface area contributed by atoms with E-state index in [0.29, 0.717) is 6.04 Å². The summed E-state index contributed by atoms with van der Waals surface area (Å²) < 4.78 is 0.912. The van der Waals surface area contributed by atoms with E-state index in [1.54, 1.807) is 11.3 Å². The van der Waals surface area contributed by atoms with E-state index >= 15 is 0 Å². The average molecular weight is 214 g/mol. The highest BCUT2D eigenvalue weighted by molar-refractivity contribution is 7.16. The highest BCUT2D eigenvalue weighted by Gasteiger charge is 2.23. The number of rotatable bonds is 3. The van der Waals surface area contributed by atoms with E-state index in [-0.39, 0.29) is 0 Å². The third-order valence-electron chi connectivity index (χ3n) is 2.36. The molecule has 13 heavy (non-hydrogen) atoms. The maximum Gasteiger partial charge on any atom is 0.0934 e. The Labute approximate surface area is 87.4 Å². The van der Waals surface area contributed by atoms with Crippen LogP contribution in [-0.4, -0.2) is 6.54 Å². The lowest BCUT2D eigenvalue weighted by molar-refractivity contribution is 0.564. The summed E-state index contributed by atoms with van der Waals surface area (Å²) >= 11 is 7.66. The molecule has 1 unspecified atom stereocenters. The van der Waals surface area contributed by atoms with Crippen molar-refractivity contribution in [2.45, 2.75) is 18.9 Å². The molecular formula is C10H12ClNS. The van der Waals surface area contributed by atoms with Crippen molar-refractivity contribution in [1.82, 2.24) is 5.32 Å². The summed E-state index contributed by atoms with van der Waals surface area (Å²) in [6, 6.07) is 2.59. The fourth-order valence-electron chi connectivity index (χ4n) is 1.77. The zero-order valence-corrected chi connectivity index (χ0v) is 8.92. The highest BCUT2D eigenvalue weighted by Crippen LogP contribution is 2.39. The number of hydrogen-bond donors (Lipinski definition) is 1. The van der Waals surface area contributed by atoms with Gasteiger partial charge in [0, 0.05) is 17.5 Å². The van der Waals surface area contributed by atoms with Gasteiger partial charge in [-0.2, -0.15) is 0 Å². The van der Waals surface area contributed by atoms with E-state index in [4.69, 9.17) is 11.6 Å². The van der Waals surface area contributed by atoms with E-state index < -0.39 is 0 Å². The van der Waals surface area contributed by atoms with Gasteiger partial charge in [-0.1, -0.05) is 17.7 Å². The summed E-state index contributed by atoms with van der Waals surface area (Å²) in [5.74, 6) is 0. The number of aryl methyl sites for hydroxylation is 1. The van der Waals surface area contributed by atoms with Gasteiger partial charge in [0.1, 0.15) is 0 Å². The van der Waals surface area contributed by atoms with Crippen LogP contribution in [0.5, 0.6) is 0 Å². The Balaban J connectivity index is 2.12. The molecule has 0 saturated heterocycles. The number of hydrogen-bond acceptors (Lipinski definition) is 2. The monoisotopic (exact) mass is 213 g/mol. The average Bonchev–Trinajstić information content (AvgIpc) is 2.61. The van der Waals surface area contributed by atoms with Gasteiger partial charge < -0.3 is 5.32 Å². The van der Waals surface area contributed by atoms with Crippen LogP contribution in [0.3, 0.4) is 0 Å². The molecule has 3 heteroatoms. The Bertz CT molecular complexity index is 319. The van der Waals surface area contributed by atoms with E-state index in [0.717, 1.165) is 10.9 Å². The molecule has 0 bridgehead atoms. The summed E-state index contributed by atoms with van der Waals surface area (Å²) in [5, 5.41) is 3.43. The minimum absolute atomic E-state index is 0.497. The molecule has 1 aromatic rings. The second-order valence-corrected chi connectivity index (χ2v) is 4.99. The molecule has 1 nitrogen and oxygen atoms in total. The molecule has 1 aliphatic rings. The van der Waals surface area contributed by atoms with Gasteiger partial charge in [0.2, 0.25) is 0 Å². The summed E-state index contributed by atoms with van der Waals surface area (Å²) in [6.07, 6.45) is 4.26. The van der Waals surface area contributed by atoms with Crippen LogP contribution in [0.15, 0.2) is 18.7 Å². The van der Waals surface area contributed by atoms with E-state index in [2.05, 4.69) is 18.0 Å². The van der Waals surface area contributed by atoms with Crippen LogP contribution in [0.1, 0.15) is 22.9 Å². The van der Waals surface area contributed by atoms with E-state index in [9.17, 15) is 0 Å². The lowest BCUT2D eigenvalue weighted by Crippen LogP contribution is -2.18. The van der Waals surface area contributed by atoms with Crippen LogP contribution in [0.4, 0.5) is 0 Å². The predicted molar refractivity (Wildman–Crippen MR) is 58.6 cm³/mol. The largest absolute Gasteiger partial charge is 0.306 e. The van der Waals surface area contributed by atoms with Gasteiger partial charge in [0.25, 0.3) is 0 Å². The minimum atomic E-state index is 0.497. The quantitative estimate of drug-likeness (QED) is 0.761. The zero-order chi connectivity index (χ0) is 9.26. The van der Waals surface area contributed by atoms with Gasteiger partial charge in [-0.05, 0) is 24.5 Å². The molecule has 70 valence electrons. The Morgan fingerprint density at radius 3 is 3.38 bits per heavy atom. The summed E-state index contributed by atoms with van der Waals surface area (Å²) in [7, 11) is 0. The lowest BCUT2D eigenvalue weighted by Gasteiger charge is -2.10. The van der Waals surface area contributed by atoms with Crippen molar-refractivity contribution in [2.75, 3.05) is 6.54 Å². The first-order valence-corrected chi connectivity index (χ1v) is 5.63. The second-order valence-electron chi connectivity index (χ2n) is 3.22. The predicted octanol–water partition coefficient (Wildman–Crippen LogP) is 3.16. The summed E-state index contributed by atoms with van der Waals surface area (Å²) in [6.45, 7) is 4.57. The van der Waals surface area contributed by atoms with Crippen molar-refractivity contribution in [1.29, 1.82) is 0 Å². The summed E-state index contributed by atoms with van der Waals surface area (Å²) in [4.78, 5) is 1.45. The lowest BCUT2D eigenvalue weighted by atomic mass is 10.2. The molecule has 1 N–H and O–H groups in total. The smallest absolute Gasteiger partial charge is 0.0934 e. The van der Waals surface area contributed by atoms with Gasteiger partial charge in [-0.15, -0.1) is 17.9 Å². The Morgan fingerprint density at radius 1 is 1.77 bits per heavy atom. The van der Waals surface area contributed by atoms with E-state index in [1.165, 1.54) is 23.3 Å².